The highest BCUT2D eigenvalue weighted by atomic mass is 16.5. The third-order valence-electron chi connectivity index (χ3n) is 3.37. The first-order valence-corrected chi connectivity index (χ1v) is 7.68. The Labute approximate surface area is 140 Å². The fourth-order valence-corrected chi connectivity index (χ4v) is 2.18. The van der Waals surface area contributed by atoms with E-state index in [2.05, 4.69) is 15.3 Å². The van der Waals surface area contributed by atoms with Crippen molar-refractivity contribution in [2.45, 2.75) is 12.8 Å². The molecule has 0 bridgehead atoms. The molecule has 3 aromatic rings. The number of benzene rings is 2. The van der Waals surface area contributed by atoms with Gasteiger partial charge in [0.15, 0.2) is 0 Å². The van der Waals surface area contributed by atoms with Gasteiger partial charge < -0.3 is 10.1 Å². The van der Waals surface area contributed by atoms with E-state index in [-0.39, 0.29) is 11.9 Å². The molecule has 0 radical (unpaired) electrons. The molecule has 0 saturated heterocycles. The van der Waals surface area contributed by atoms with Crippen LogP contribution < -0.4 is 10.1 Å². The highest BCUT2D eigenvalue weighted by molar-refractivity contribution is 5.90. The van der Waals surface area contributed by atoms with Crippen molar-refractivity contribution in [2.75, 3.05) is 5.32 Å². The number of carbonyl (C=O) groups is 1. The molecule has 0 spiro atoms. The van der Waals surface area contributed by atoms with E-state index in [1.165, 1.54) is 0 Å². The van der Waals surface area contributed by atoms with Gasteiger partial charge in [0, 0.05) is 24.5 Å². The Bertz CT molecular complexity index is 775. The van der Waals surface area contributed by atoms with Gasteiger partial charge in [0.05, 0.1) is 0 Å². The molecule has 0 saturated carbocycles. The van der Waals surface area contributed by atoms with Crippen molar-refractivity contribution >= 4 is 11.6 Å². The van der Waals surface area contributed by atoms with Gasteiger partial charge in [-0.25, -0.2) is 9.97 Å². The van der Waals surface area contributed by atoms with Crippen LogP contribution in [0.15, 0.2) is 73.1 Å². The summed E-state index contributed by atoms with van der Waals surface area (Å²) in [6, 6.07) is 19.1. The van der Waals surface area contributed by atoms with E-state index in [0.29, 0.717) is 12.2 Å². The largest absolute Gasteiger partial charge is 0.424 e. The first kappa shape index (κ1) is 15.7. The van der Waals surface area contributed by atoms with Crippen molar-refractivity contribution in [1.82, 2.24) is 9.97 Å². The fourth-order valence-electron chi connectivity index (χ4n) is 2.18. The van der Waals surface area contributed by atoms with Gasteiger partial charge in [-0.2, -0.15) is 0 Å². The Morgan fingerprint density at radius 1 is 0.917 bits per heavy atom. The molecule has 1 aromatic heterocycles. The molecular formula is C19H17N3O2. The molecule has 0 aliphatic heterocycles. The van der Waals surface area contributed by atoms with Gasteiger partial charge in [-0.1, -0.05) is 30.3 Å². The predicted molar refractivity (Wildman–Crippen MR) is 91.9 cm³/mol. The quantitative estimate of drug-likeness (QED) is 0.750. The lowest BCUT2D eigenvalue weighted by Crippen LogP contribution is -2.12. The summed E-state index contributed by atoms with van der Waals surface area (Å²) in [5, 5.41) is 2.88. The Balaban J connectivity index is 1.51. The minimum atomic E-state index is -0.0149. The van der Waals surface area contributed by atoms with Gasteiger partial charge >= 0.3 is 6.01 Å². The number of rotatable bonds is 6. The molecule has 0 atom stereocenters. The number of amides is 1. The van der Waals surface area contributed by atoms with Crippen molar-refractivity contribution in [1.29, 1.82) is 0 Å². The number of hydrogen-bond acceptors (Lipinski definition) is 4. The molecule has 0 aliphatic carbocycles. The molecule has 0 fully saturated rings. The molecule has 1 N–H and O–H groups in total. The molecule has 1 heterocycles. The molecule has 5 nitrogen and oxygen atoms in total. The zero-order valence-electron chi connectivity index (χ0n) is 13.1. The topological polar surface area (TPSA) is 64.1 Å². The lowest BCUT2D eigenvalue weighted by molar-refractivity contribution is -0.116. The van der Waals surface area contributed by atoms with Crippen LogP contribution in [-0.2, 0) is 11.2 Å². The highest BCUT2D eigenvalue weighted by Crippen LogP contribution is 2.20. The summed E-state index contributed by atoms with van der Waals surface area (Å²) in [4.78, 5) is 20.0. The maximum Gasteiger partial charge on any atom is 0.321 e. The first-order valence-electron chi connectivity index (χ1n) is 7.68. The standard InChI is InChI=1S/C19H17N3O2/c23-18(12-7-15-5-2-1-3-6-15)22-16-8-10-17(11-9-16)24-19-20-13-4-14-21-19/h1-6,8-11,13-14H,7,12H2,(H,22,23). The van der Waals surface area contributed by atoms with Crippen LogP contribution in [0.1, 0.15) is 12.0 Å². The summed E-state index contributed by atoms with van der Waals surface area (Å²) < 4.78 is 5.51. The van der Waals surface area contributed by atoms with Crippen molar-refractivity contribution in [2.24, 2.45) is 0 Å². The average Bonchev–Trinajstić information content (AvgIpc) is 2.63. The lowest BCUT2D eigenvalue weighted by Gasteiger charge is -2.07. The van der Waals surface area contributed by atoms with Gasteiger partial charge in [0.1, 0.15) is 5.75 Å². The molecule has 0 unspecified atom stereocenters. The monoisotopic (exact) mass is 319 g/mol. The Morgan fingerprint density at radius 3 is 2.33 bits per heavy atom. The van der Waals surface area contributed by atoms with E-state index in [9.17, 15) is 4.79 Å². The molecule has 120 valence electrons. The lowest BCUT2D eigenvalue weighted by atomic mass is 10.1. The second-order valence-electron chi connectivity index (χ2n) is 5.19. The predicted octanol–water partition coefficient (Wildman–Crippen LogP) is 3.84. The average molecular weight is 319 g/mol. The van der Waals surface area contributed by atoms with Gasteiger partial charge in [-0.05, 0) is 42.3 Å². The van der Waals surface area contributed by atoms with Crippen molar-refractivity contribution in [3.63, 3.8) is 0 Å². The van der Waals surface area contributed by atoms with Crippen LogP contribution in [0.5, 0.6) is 11.8 Å². The van der Waals surface area contributed by atoms with Crippen molar-refractivity contribution in [3.8, 4) is 11.8 Å². The fraction of sp³-hybridized carbons (Fsp3) is 0.105. The summed E-state index contributed by atoms with van der Waals surface area (Å²) in [6.45, 7) is 0. The van der Waals surface area contributed by atoms with Crippen LogP contribution in [0.25, 0.3) is 0 Å². The number of hydrogen-bond donors (Lipinski definition) is 1. The van der Waals surface area contributed by atoms with Crippen molar-refractivity contribution < 1.29 is 9.53 Å². The minimum absolute atomic E-state index is 0.0149. The first-order chi connectivity index (χ1) is 11.8. The maximum atomic E-state index is 12.0. The van der Waals surface area contributed by atoms with Crippen LogP contribution in [0, 0.1) is 0 Å². The minimum Gasteiger partial charge on any atom is -0.424 e. The molecule has 0 aliphatic rings. The molecule has 1 amide bonds. The van der Waals surface area contributed by atoms with Crippen LogP contribution >= 0.6 is 0 Å². The maximum absolute atomic E-state index is 12.0. The number of nitrogens with one attached hydrogen (secondary N) is 1. The molecule has 2 aromatic carbocycles. The van der Waals surface area contributed by atoms with Crippen LogP contribution in [0.3, 0.4) is 0 Å². The summed E-state index contributed by atoms with van der Waals surface area (Å²) in [6.07, 6.45) is 4.40. The van der Waals surface area contributed by atoms with Crippen LogP contribution in [0.4, 0.5) is 5.69 Å². The third-order valence-corrected chi connectivity index (χ3v) is 3.37. The highest BCUT2D eigenvalue weighted by Gasteiger charge is 2.04. The smallest absolute Gasteiger partial charge is 0.321 e. The zero-order valence-corrected chi connectivity index (χ0v) is 13.1. The second-order valence-corrected chi connectivity index (χ2v) is 5.19. The number of anilines is 1. The number of aromatic nitrogens is 2. The number of aryl methyl sites for hydroxylation is 1. The van der Waals surface area contributed by atoms with E-state index in [1.54, 1.807) is 42.7 Å². The number of nitrogens with zero attached hydrogens (tertiary/aromatic N) is 2. The van der Waals surface area contributed by atoms with E-state index in [1.807, 2.05) is 30.3 Å². The van der Waals surface area contributed by atoms with Crippen LogP contribution in [-0.4, -0.2) is 15.9 Å². The summed E-state index contributed by atoms with van der Waals surface area (Å²) in [5.41, 5.74) is 1.88. The van der Waals surface area contributed by atoms with E-state index >= 15 is 0 Å². The van der Waals surface area contributed by atoms with Crippen molar-refractivity contribution in [3.05, 3.63) is 78.6 Å². The SMILES string of the molecule is O=C(CCc1ccccc1)Nc1ccc(Oc2ncccn2)cc1. The normalized spacial score (nSPS) is 10.2. The van der Waals surface area contributed by atoms with E-state index in [4.69, 9.17) is 4.74 Å². The van der Waals surface area contributed by atoms with E-state index < -0.39 is 0 Å². The molecule has 3 rings (SSSR count). The molecular weight excluding hydrogens is 302 g/mol. The summed E-state index contributed by atoms with van der Waals surface area (Å²) in [7, 11) is 0. The zero-order chi connectivity index (χ0) is 16.6. The second kappa shape index (κ2) is 7.87. The Hall–Kier alpha value is -3.21. The van der Waals surface area contributed by atoms with E-state index in [0.717, 1.165) is 17.7 Å². The Morgan fingerprint density at radius 2 is 1.62 bits per heavy atom. The molecule has 24 heavy (non-hydrogen) atoms. The summed E-state index contributed by atoms with van der Waals surface area (Å²) in [5.74, 6) is 0.599. The Kier molecular flexibility index (Phi) is 5.14. The van der Waals surface area contributed by atoms with Crippen LogP contribution in [0.2, 0.25) is 0 Å². The number of ether oxygens (including phenoxy) is 1. The molecule has 5 heteroatoms. The summed E-state index contributed by atoms with van der Waals surface area (Å²) >= 11 is 0. The van der Waals surface area contributed by atoms with Gasteiger partial charge in [0.25, 0.3) is 0 Å². The van der Waals surface area contributed by atoms with Gasteiger partial charge in [0.2, 0.25) is 5.91 Å². The van der Waals surface area contributed by atoms with Gasteiger partial charge in [-0.15, -0.1) is 0 Å². The third kappa shape index (κ3) is 4.64. The number of carbonyl (C=O) groups excluding carboxylic acids is 1. The van der Waals surface area contributed by atoms with Gasteiger partial charge in [-0.3, -0.25) is 4.79 Å².